The van der Waals surface area contributed by atoms with Crippen LogP contribution in [0.15, 0.2) is 84.9 Å². The lowest BCUT2D eigenvalue weighted by molar-refractivity contribution is 1.20. The summed E-state index contributed by atoms with van der Waals surface area (Å²) in [5.41, 5.74) is 10.6. The molecule has 1 aromatic heterocycles. The van der Waals surface area contributed by atoms with Gasteiger partial charge in [-0.2, -0.15) is 0 Å². The maximum atomic E-state index is 3.00. The fourth-order valence-corrected chi connectivity index (χ4v) is 5.64. The molecule has 1 aliphatic rings. The molecule has 1 unspecified atom stereocenters. The molecule has 0 bridgehead atoms. The highest BCUT2D eigenvalue weighted by atomic mass is 27.1. The zero-order chi connectivity index (χ0) is 18.8. The fraction of sp³-hybridized carbons (Fsp3) is 0.0400. The van der Waals surface area contributed by atoms with Crippen LogP contribution in [0.2, 0.25) is 0 Å². The first-order valence-corrected chi connectivity index (χ1v) is 10.7. The van der Waals surface area contributed by atoms with E-state index in [9.17, 15) is 0 Å². The molecule has 1 aliphatic carbocycles. The smallest absolute Gasteiger partial charge is 0.318 e. The summed E-state index contributed by atoms with van der Waals surface area (Å²) >= 11 is 5.85. The minimum atomic E-state index is 0.387. The van der Waals surface area contributed by atoms with E-state index in [-0.39, 0.29) is 0 Å². The van der Waals surface area contributed by atoms with Gasteiger partial charge in [0.2, 0.25) is 0 Å². The highest BCUT2D eigenvalue weighted by molar-refractivity contribution is 6.22. The summed E-state index contributed by atoms with van der Waals surface area (Å²) in [5.74, 6) is 0. The molecule has 0 saturated carbocycles. The number of nitrogens with zero attached hydrogens (tertiary/aromatic N) is 1. The second kappa shape index (κ2) is 6.12. The van der Waals surface area contributed by atoms with E-state index in [1.54, 1.807) is 0 Å². The molecule has 0 aliphatic heterocycles. The van der Waals surface area contributed by atoms with Crippen molar-refractivity contribution >= 4 is 54.6 Å². The second-order valence-corrected chi connectivity index (χ2v) is 8.67. The molecule has 4 radical (unpaired) electrons. The largest absolute Gasteiger partial charge is 0.452 e. The van der Waals surface area contributed by atoms with Crippen LogP contribution in [0.5, 0.6) is 0 Å². The van der Waals surface area contributed by atoms with E-state index in [0.717, 1.165) is 0 Å². The van der Waals surface area contributed by atoms with Crippen LogP contribution >= 0.6 is 0 Å². The van der Waals surface area contributed by atoms with E-state index in [1.165, 1.54) is 55.2 Å². The molecule has 1 nitrogen and oxygen atoms in total. The molecule has 126 valence electrons. The van der Waals surface area contributed by atoms with Crippen molar-refractivity contribution in [3.05, 3.63) is 96.1 Å². The summed E-state index contributed by atoms with van der Waals surface area (Å²) in [6.45, 7) is 0. The van der Waals surface area contributed by atoms with E-state index in [2.05, 4.69) is 121 Å². The van der Waals surface area contributed by atoms with Crippen LogP contribution in [0.1, 0.15) is 15.9 Å². The normalized spacial score (nSPS) is 15.1. The number of hydrogen-bond acceptors (Lipinski definition) is 0. The molecule has 0 saturated heterocycles. The minimum Gasteiger partial charge on any atom is -0.452 e. The summed E-state index contributed by atoms with van der Waals surface area (Å²) in [6, 6.07) is 31.1. The summed E-state index contributed by atoms with van der Waals surface area (Å²) in [5, 5.41) is 2.60. The van der Waals surface area contributed by atoms with Gasteiger partial charge in [0.1, 0.15) is 16.3 Å². The molecule has 3 heteroatoms. The molecule has 0 amide bonds. The molecule has 0 spiro atoms. The van der Waals surface area contributed by atoms with Gasteiger partial charge in [-0.25, -0.2) is 0 Å². The van der Waals surface area contributed by atoms with E-state index >= 15 is 0 Å². The molecular formula is C25H15Al2N. The van der Waals surface area contributed by atoms with Crippen molar-refractivity contribution in [1.82, 2.24) is 3.55 Å². The second-order valence-electron chi connectivity index (χ2n) is 7.49. The molecule has 1 heterocycles. The first-order valence-electron chi connectivity index (χ1n) is 9.50. The zero-order valence-corrected chi connectivity index (χ0v) is 17.6. The summed E-state index contributed by atoms with van der Waals surface area (Å²) in [6.07, 6.45) is 0. The van der Waals surface area contributed by atoms with E-state index < -0.39 is 0 Å². The van der Waals surface area contributed by atoms with Crippen LogP contribution in [0, 0.1) is 0 Å². The van der Waals surface area contributed by atoms with E-state index in [4.69, 9.17) is 0 Å². The highest BCUT2D eigenvalue weighted by Crippen LogP contribution is 2.44. The average molecular weight is 383 g/mol. The van der Waals surface area contributed by atoms with E-state index in [1.807, 2.05) is 0 Å². The summed E-state index contributed by atoms with van der Waals surface area (Å²) < 4.78 is 2.59. The van der Waals surface area contributed by atoms with Crippen LogP contribution in [-0.4, -0.2) is 36.4 Å². The van der Waals surface area contributed by atoms with Crippen molar-refractivity contribution in [1.29, 1.82) is 0 Å². The van der Waals surface area contributed by atoms with Crippen molar-refractivity contribution in [2.24, 2.45) is 0 Å². The third kappa shape index (κ3) is 2.26. The summed E-state index contributed by atoms with van der Waals surface area (Å²) in [7, 11) is 0. The number of para-hydroxylation sites is 1. The Morgan fingerprint density at radius 3 is 2.21 bits per heavy atom. The Balaban J connectivity index is 1.57. The lowest BCUT2D eigenvalue weighted by atomic mass is 9.97. The van der Waals surface area contributed by atoms with Crippen LogP contribution in [-0.2, 0) is 0 Å². The van der Waals surface area contributed by atoms with Gasteiger partial charge in [-0.1, -0.05) is 65.4 Å². The Kier molecular flexibility index (Phi) is 3.65. The SMILES string of the molecule is [Al][CH]1c2ccccc2-c2cc(-c3ccc4c(c3)c3ccccc3[n]4[Al])ccc21. The predicted molar refractivity (Wildman–Crippen MR) is 119 cm³/mol. The van der Waals surface area contributed by atoms with E-state index in [0.29, 0.717) is 4.78 Å². The van der Waals surface area contributed by atoms with Gasteiger partial charge in [-0.3, -0.25) is 0 Å². The Morgan fingerprint density at radius 1 is 0.607 bits per heavy atom. The predicted octanol–water partition coefficient (Wildman–Crippen LogP) is 5.63. The van der Waals surface area contributed by atoms with Crippen molar-refractivity contribution in [3.8, 4) is 22.3 Å². The van der Waals surface area contributed by atoms with Crippen molar-refractivity contribution in [3.63, 3.8) is 0 Å². The first kappa shape index (κ1) is 16.7. The number of aromatic nitrogens is 1. The monoisotopic (exact) mass is 383 g/mol. The highest BCUT2D eigenvalue weighted by Gasteiger charge is 2.24. The van der Waals surface area contributed by atoms with Gasteiger partial charge in [0.15, 0.2) is 0 Å². The van der Waals surface area contributed by atoms with Gasteiger partial charge >= 0.3 is 16.5 Å². The molecule has 0 N–H and O–H groups in total. The van der Waals surface area contributed by atoms with Crippen LogP contribution in [0.25, 0.3) is 44.1 Å². The van der Waals surface area contributed by atoms with Crippen molar-refractivity contribution in [2.75, 3.05) is 0 Å². The van der Waals surface area contributed by atoms with Gasteiger partial charge in [0, 0.05) is 21.8 Å². The number of benzene rings is 4. The third-order valence-electron chi connectivity index (χ3n) is 6.02. The van der Waals surface area contributed by atoms with Gasteiger partial charge in [0.25, 0.3) is 0 Å². The molecule has 4 aromatic carbocycles. The fourth-order valence-electron chi connectivity index (χ4n) is 4.60. The standard InChI is InChI=1S/C25H15N.2Al/c1-2-6-20-18(5-1)13-19-10-9-16(14-22(19)20)17-11-12-25-23(15-17)21-7-3-4-8-24(21)26-25;;/h1-15H;;/q-1;;+1. The molecule has 28 heavy (non-hydrogen) atoms. The first-order chi connectivity index (χ1) is 13.7. The Morgan fingerprint density at radius 2 is 1.29 bits per heavy atom. The third-order valence-corrected chi connectivity index (χ3v) is 7.29. The summed E-state index contributed by atoms with van der Waals surface area (Å²) in [4.78, 5) is 0. The lowest BCUT2D eigenvalue weighted by Gasteiger charge is -2.09. The van der Waals surface area contributed by atoms with Crippen LogP contribution < -0.4 is 0 Å². The van der Waals surface area contributed by atoms with Gasteiger partial charge in [-0.15, -0.1) is 0 Å². The molecule has 0 fully saturated rings. The lowest BCUT2D eigenvalue weighted by Crippen LogP contribution is -1.94. The zero-order valence-electron chi connectivity index (χ0n) is 15.3. The van der Waals surface area contributed by atoms with Gasteiger partial charge in [0.05, 0.1) is 0 Å². The van der Waals surface area contributed by atoms with Crippen LogP contribution in [0.4, 0.5) is 0 Å². The molecule has 1 atom stereocenters. The number of rotatable bonds is 1. The molecule has 6 rings (SSSR count). The maximum Gasteiger partial charge on any atom is 0.318 e. The molecule has 5 aromatic rings. The van der Waals surface area contributed by atoms with Crippen LogP contribution in [0.3, 0.4) is 0 Å². The Hall–Kier alpha value is -2.26. The topological polar surface area (TPSA) is 4.93 Å². The minimum absolute atomic E-state index is 0.387. The Labute approximate surface area is 180 Å². The maximum absolute atomic E-state index is 3.00. The van der Waals surface area contributed by atoms with Crippen molar-refractivity contribution in [2.45, 2.75) is 4.78 Å². The average Bonchev–Trinajstić information content (AvgIpc) is 3.20. The Bertz CT molecular complexity index is 1400. The van der Waals surface area contributed by atoms with Gasteiger partial charge in [-0.05, 0) is 57.6 Å². The number of hydrogen-bond donors (Lipinski definition) is 0. The van der Waals surface area contributed by atoms with Crippen molar-refractivity contribution < 1.29 is 0 Å². The van der Waals surface area contributed by atoms with Gasteiger partial charge < -0.3 is 3.55 Å². The molecular weight excluding hydrogens is 368 g/mol. The number of fused-ring (bicyclic) bond motifs is 6. The quantitative estimate of drug-likeness (QED) is 0.331.